The van der Waals surface area contributed by atoms with Crippen molar-refractivity contribution < 1.29 is 19.1 Å². The van der Waals surface area contributed by atoms with Gasteiger partial charge in [0, 0.05) is 30.9 Å². The Hall–Kier alpha value is -2.27. The van der Waals surface area contributed by atoms with E-state index in [1.54, 1.807) is 7.11 Å². The highest BCUT2D eigenvalue weighted by atomic mass is 16.6. The molecule has 1 unspecified atom stereocenters. The summed E-state index contributed by atoms with van der Waals surface area (Å²) in [6, 6.07) is 8.02. The predicted octanol–water partition coefficient (Wildman–Crippen LogP) is 4.00. The summed E-state index contributed by atoms with van der Waals surface area (Å²) in [5.74, 6) is -1.02. The summed E-state index contributed by atoms with van der Waals surface area (Å²) in [6.45, 7) is 8.55. The lowest BCUT2D eigenvalue weighted by atomic mass is 9.63. The van der Waals surface area contributed by atoms with Crippen LogP contribution >= 0.6 is 0 Å². The van der Waals surface area contributed by atoms with Gasteiger partial charge >= 0.3 is 5.97 Å². The number of ether oxygens (including phenoxy) is 2. The number of aliphatic imine (C=N–C) groups is 1. The minimum Gasteiger partial charge on any atom is -0.460 e. The first-order chi connectivity index (χ1) is 13.2. The van der Waals surface area contributed by atoms with Crippen LogP contribution in [0.2, 0.25) is 0 Å². The van der Waals surface area contributed by atoms with Crippen LogP contribution in [0.1, 0.15) is 50.7 Å². The van der Waals surface area contributed by atoms with E-state index in [-0.39, 0.29) is 23.7 Å². The summed E-state index contributed by atoms with van der Waals surface area (Å²) >= 11 is 0. The Balaban J connectivity index is 2.09. The van der Waals surface area contributed by atoms with Crippen LogP contribution in [-0.4, -0.2) is 37.8 Å². The van der Waals surface area contributed by atoms with Gasteiger partial charge in [0.2, 0.25) is 0 Å². The van der Waals surface area contributed by atoms with E-state index in [0.717, 1.165) is 23.3 Å². The zero-order valence-corrected chi connectivity index (χ0v) is 17.4. The molecule has 2 aliphatic rings. The van der Waals surface area contributed by atoms with Gasteiger partial charge in [-0.3, -0.25) is 9.79 Å². The van der Waals surface area contributed by atoms with Crippen molar-refractivity contribution in [3.05, 3.63) is 46.7 Å². The molecule has 5 heteroatoms. The Morgan fingerprint density at radius 1 is 1.18 bits per heavy atom. The monoisotopic (exact) mass is 383 g/mol. The van der Waals surface area contributed by atoms with E-state index in [1.165, 1.54) is 0 Å². The average Bonchev–Trinajstić information content (AvgIpc) is 2.59. The maximum atomic E-state index is 13.2. The number of carbonyl (C=O) groups is 2. The predicted molar refractivity (Wildman–Crippen MR) is 108 cm³/mol. The van der Waals surface area contributed by atoms with Crippen molar-refractivity contribution in [3.8, 4) is 0 Å². The number of ketones is 1. The first-order valence-corrected chi connectivity index (χ1v) is 9.77. The van der Waals surface area contributed by atoms with Gasteiger partial charge in [0.1, 0.15) is 12.4 Å². The molecule has 5 nitrogen and oxygen atoms in total. The average molecular weight is 383 g/mol. The second-order valence-corrected chi connectivity index (χ2v) is 8.58. The molecule has 3 rings (SSSR count). The molecule has 0 aromatic heterocycles. The molecule has 150 valence electrons. The van der Waals surface area contributed by atoms with Crippen LogP contribution in [0.25, 0.3) is 0 Å². The van der Waals surface area contributed by atoms with E-state index in [2.05, 4.69) is 19.9 Å². The third-order valence-electron chi connectivity index (χ3n) is 5.51. The number of methoxy groups -OCH3 is 1. The molecule has 1 saturated carbocycles. The number of hydrogen-bond acceptors (Lipinski definition) is 5. The van der Waals surface area contributed by atoms with Gasteiger partial charge in [-0.2, -0.15) is 0 Å². The topological polar surface area (TPSA) is 65.0 Å². The number of aryl methyl sites for hydroxylation is 1. The molecule has 1 aliphatic carbocycles. The smallest absolute Gasteiger partial charge is 0.336 e. The van der Waals surface area contributed by atoms with Crippen molar-refractivity contribution in [2.45, 2.75) is 46.5 Å². The number of Topliss-reactive ketones (excluding diaryl/α,β-unsaturated/α-hetero) is 1. The van der Waals surface area contributed by atoms with Gasteiger partial charge in [0.25, 0.3) is 0 Å². The highest BCUT2D eigenvalue weighted by Crippen LogP contribution is 2.47. The molecule has 1 aromatic rings. The number of carbonyl (C=O) groups excluding carboxylic acids is 2. The minimum atomic E-state index is -0.415. The lowest BCUT2D eigenvalue weighted by Crippen LogP contribution is -2.44. The highest BCUT2D eigenvalue weighted by molar-refractivity contribution is 6.12. The van der Waals surface area contributed by atoms with E-state index in [9.17, 15) is 9.59 Å². The second kappa shape index (κ2) is 8.00. The largest absolute Gasteiger partial charge is 0.460 e. The number of benzene rings is 1. The zero-order chi connectivity index (χ0) is 20.5. The van der Waals surface area contributed by atoms with Crippen LogP contribution < -0.4 is 0 Å². The Morgan fingerprint density at radius 2 is 1.93 bits per heavy atom. The van der Waals surface area contributed by atoms with Gasteiger partial charge in [-0.15, -0.1) is 0 Å². The second-order valence-electron chi connectivity index (χ2n) is 8.58. The first-order valence-electron chi connectivity index (χ1n) is 9.77. The van der Waals surface area contributed by atoms with Crippen molar-refractivity contribution >= 4 is 17.5 Å². The summed E-state index contributed by atoms with van der Waals surface area (Å²) in [5.41, 5.74) is 3.96. The van der Waals surface area contributed by atoms with E-state index < -0.39 is 11.9 Å². The molecule has 2 atom stereocenters. The molecule has 0 spiro atoms. The van der Waals surface area contributed by atoms with Crippen LogP contribution in [-0.2, 0) is 19.1 Å². The molecule has 1 aromatic carbocycles. The first kappa shape index (κ1) is 20.5. The maximum Gasteiger partial charge on any atom is 0.336 e. The summed E-state index contributed by atoms with van der Waals surface area (Å²) < 4.78 is 10.4. The molecule has 28 heavy (non-hydrogen) atoms. The van der Waals surface area contributed by atoms with Crippen LogP contribution in [0.4, 0.5) is 0 Å². The van der Waals surface area contributed by atoms with E-state index in [1.807, 2.05) is 32.0 Å². The number of allylic oxidation sites excluding steroid dienone is 1. The Bertz CT molecular complexity index is 850. The van der Waals surface area contributed by atoms with Crippen molar-refractivity contribution in [2.75, 3.05) is 20.3 Å². The Kier molecular flexibility index (Phi) is 5.84. The van der Waals surface area contributed by atoms with E-state index >= 15 is 0 Å². The van der Waals surface area contributed by atoms with Gasteiger partial charge in [-0.1, -0.05) is 43.7 Å². The van der Waals surface area contributed by atoms with Gasteiger partial charge in [0.05, 0.1) is 18.1 Å². The molecule has 1 heterocycles. The SMILES string of the molecule is COCCOC(=O)C1=C(C)N=C2CC(C)(C)CC(=O)C2[C@@H]1c1cccc(C)c1. The zero-order valence-electron chi connectivity index (χ0n) is 17.4. The fourth-order valence-corrected chi connectivity index (χ4v) is 4.38. The minimum absolute atomic E-state index is 0.111. The fourth-order valence-electron chi connectivity index (χ4n) is 4.38. The fraction of sp³-hybridized carbons (Fsp3) is 0.522. The maximum absolute atomic E-state index is 13.2. The van der Waals surface area contributed by atoms with Crippen molar-refractivity contribution in [1.82, 2.24) is 0 Å². The van der Waals surface area contributed by atoms with Gasteiger partial charge in [-0.25, -0.2) is 4.79 Å². The molecular weight excluding hydrogens is 354 g/mol. The normalized spacial score (nSPS) is 23.9. The van der Waals surface area contributed by atoms with Gasteiger partial charge in [-0.05, 0) is 31.2 Å². The number of fused-ring (bicyclic) bond motifs is 1. The van der Waals surface area contributed by atoms with Crippen LogP contribution in [0.5, 0.6) is 0 Å². The number of esters is 1. The summed E-state index contributed by atoms with van der Waals surface area (Å²) in [4.78, 5) is 30.8. The highest BCUT2D eigenvalue weighted by Gasteiger charge is 2.47. The van der Waals surface area contributed by atoms with Crippen LogP contribution in [0.15, 0.2) is 40.5 Å². The van der Waals surface area contributed by atoms with Crippen LogP contribution in [0.3, 0.4) is 0 Å². The molecule has 0 amide bonds. The van der Waals surface area contributed by atoms with E-state index in [0.29, 0.717) is 24.3 Å². The number of nitrogens with zero attached hydrogens (tertiary/aromatic N) is 1. The summed E-state index contributed by atoms with van der Waals surface area (Å²) in [6.07, 6.45) is 1.25. The van der Waals surface area contributed by atoms with Crippen molar-refractivity contribution in [3.63, 3.8) is 0 Å². The quantitative estimate of drug-likeness (QED) is 0.569. The van der Waals surface area contributed by atoms with E-state index in [4.69, 9.17) is 14.5 Å². The molecular formula is C23H29NO4. The molecule has 1 aliphatic heterocycles. The van der Waals surface area contributed by atoms with Crippen LogP contribution in [0, 0.1) is 18.3 Å². The molecule has 1 fully saturated rings. The summed E-state index contributed by atoms with van der Waals surface area (Å²) in [5, 5.41) is 0. The Morgan fingerprint density at radius 3 is 2.61 bits per heavy atom. The van der Waals surface area contributed by atoms with Gasteiger partial charge in [0.15, 0.2) is 0 Å². The molecule has 0 bridgehead atoms. The lowest BCUT2D eigenvalue weighted by Gasteiger charge is -2.41. The number of hydrogen-bond donors (Lipinski definition) is 0. The van der Waals surface area contributed by atoms with Crippen molar-refractivity contribution in [2.24, 2.45) is 16.3 Å². The van der Waals surface area contributed by atoms with Crippen molar-refractivity contribution in [1.29, 1.82) is 0 Å². The summed E-state index contributed by atoms with van der Waals surface area (Å²) in [7, 11) is 1.56. The standard InChI is InChI=1S/C23H29NO4/c1-14-7-6-8-16(11-14)20-19(22(26)28-10-9-27-5)15(2)24-17-12-23(3,4)13-18(25)21(17)20/h6-8,11,20-21H,9-10,12-13H2,1-5H3/t20-,21?/m1/s1. The Labute approximate surface area is 166 Å². The number of rotatable bonds is 5. The third-order valence-corrected chi connectivity index (χ3v) is 5.51. The van der Waals surface area contributed by atoms with Gasteiger partial charge < -0.3 is 9.47 Å². The molecule has 0 saturated heterocycles. The molecule has 0 N–H and O–H groups in total. The lowest BCUT2D eigenvalue weighted by molar-refractivity contribution is -0.140. The molecule has 0 radical (unpaired) electrons. The third kappa shape index (κ3) is 4.09.